The van der Waals surface area contributed by atoms with Crippen molar-refractivity contribution < 1.29 is 0 Å². The Morgan fingerprint density at radius 2 is 0.840 bits per heavy atom. The summed E-state index contributed by atoms with van der Waals surface area (Å²) in [6, 6.07) is 68.5. The van der Waals surface area contributed by atoms with E-state index in [-0.39, 0.29) is 5.41 Å². The quantitative estimate of drug-likeness (QED) is 0.175. The third kappa shape index (κ3) is 5.02. The maximum absolute atomic E-state index is 2.44. The Hall–Kier alpha value is -6.18. The Balaban J connectivity index is 1.23. The van der Waals surface area contributed by atoms with E-state index in [0.717, 1.165) is 17.1 Å². The lowest BCUT2D eigenvalue weighted by molar-refractivity contribution is 0.645. The van der Waals surface area contributed by atoms with Gasteiger partial charge in [0.1, 0.15) is 0 Å². The first-order chi connectivity index (χ1) is 24.6. The van der Waals surface area contributed by atoms with Crippen LogP contribution in [0.5, 0.6) is 0 Å². The van der Waals surface area contributed by atoms with Crippen molar-refractivity contribution in [1.82, 2.24) is 0 Å². The van der Waals surface area contributed by atoms with Gasteiger partial charge in [-0.1, -0.05) is 166 Å². The second-order valence-corrected chi connectivity index (χ2v) is 13.8. The molecule has 50 heavy (non-hydrogen) atoms. The lowest BCUT2D eigenvalue weighted by Gasteiger charge is -2.37. The number of anilines is 3. The van der Waals surface area contributed by atoms with Gasteiger partial charge in [0.15, 0.2) is 0 Å². The Kier molecular flexibility index (Phi) is 7.21. The predicted octanol–water partition coefficient (Wildman–Crippen LogP) is 13.6. The molecule has 8 aromatic carbocycles. The van der Waals surface area contributed by atoms with Crippen LogP contribution in [0, 0.1) is 0 Å². The van der Waals surface area contributed by atoms with Crippen molar-refractivity contribution in [2.75, 3.05) is 4.90 Å². The van der Waals surface area contributed by atoms with E-state index in [2.05, 4.69) is 207 Å². The molecule has 0 N–H and O–H groups in total. The predicted molar refractivity (Wildman–Crippen MR) is 213 cm³/mol. The Morgan fingerprint density at radius 3 is 1.40 bits per heavy atom. The highest BCUT2D eigenvalue weighted by Crippen LogP contribution is 2.53. The van der Waals surface area contributed by atoms with Gasteiger partial charge in [0.2, 0.25) is 0 Å². The summed E-state index contributed by atoms with van der Waals surface area (Å²) < 4.78 is 0. The average Bonchev–Trinajstić information content (AvgIpc) is 3.18. The van der Waals surface area contributed by atoms with Gasteiger partial charge in [0.25, 0.3) is 0 Å². The number of hydrogen-bond donors (Lipinski definition) is 0. The molecule has 0 bridgehead atoms. The van der Waals surface area contributed by atoms with E-state index in [1.54, 1.807) is 0 Å². The van der Waals surface area contributed by atoms with Crippen LogP contribution in [-0.4, -0.2) is 0 Å². The minimum Gasteiger partial charge on any atom is -0.310 e. The number of rotatable bonds is 6. The number of benzene rings is 8. The zero-order valence-electron chi connectivity index (χ0n) is 28.3. The van der Waals surface area contributed by atoms with E-state index in [0.29, 0.717) is 0 Å². The second kappa shape index (κ2) is 12.1. The molecule has 0 amide bonds. The molecule has 1 heteroatoms. The second-order valence-electron chi connectivity index (χ2n) is 13.8. The van der Waals surface area contributed by atoms with E-state index in [1.807, 2.05) is 0 Å². The fourth-order valence-corrected chi connectivity index (χ4v) is 7.90. The summed E-state index contributed by atoms with van der Waals surface area (Å²) in [6.07, 6.45) is 0. The molecule has 0 fully saturated rings. The van der Waals surface area contributed by atoms with Crippen LogP contribution in [0.25, 0.3) is 55.3 Å². The van der Waals surface area contributed by atoms with E-state index in [1.165, 1.54) is 66.4 Å². The zero-order chi connectivity index (χ0) is 33.7. The van der Waals surface area contributed by atoms with Crippen LogP contribution in [0.4, 0.5) is 17.1 Å². The van der Waals surface area contributed by atoms with Crippen LogP contribution in [0.3, 0.4) is 0 Å². The summed E-state index contributed by atoms with van der Waals surface area (Å²) in [6.45, 7) is 4.77. The SMILES string of the molecule is CC1(C)c2cc(N(c3ccc(-c4ccccc4)cc3)c3ccc(-c4ccccc4)cc3)ccc2-c2c(-c3ccccc3)ccc3cccc1c23. The molecule has 0 unspecified atom stereocenters. The summed E-state index contributed by atoms with van der Waals surface area (Å²) in [5, 5.41) is 2.66. The van der Waals surface area contributed by atoms with Gasteiger partial charge in [-0.2, -0.15) is 0 Å². The molecule has 1 aliphatic rings. The largest absolute Gasteiger partial charge is 0.310 e. The van der Waals surface area contributed by atoms with Gasteiger partial charge in [-0.15, -0.1) is 0 Å². The van der Waals surface area contributed by atoms with Crippen LogP contribution in [0.15, 0.2) is 188 Å². The molecule has 0 saturated carbocycles. The summed E-state index contributed by atoms with van der Waals surface area (Å²) in [4.78, 5) is 2.40. The van der Waals surface area contributed by atoms with Crippen molar-refractivity contribution in [3.05, 3.63) is 199 Å². The lowest BCUT2D eigenvalue weighted by Crippen LogP contribution is -2.24. The Morgan fingerprint density at radius 1 is 0.360 bits per heavy atom. The third-order valence-corrected chi connectivity index (χ3v) is 10.5. The molecule has 0 spiro atoms. The standard InChI is InChI=1S/C49H37N/c1-49(2)45-20-12-19-39-25-31-43(38-17-10-5-11-18-38)48(47(39)45)44-32-30-42(33-46(44)49)50(40-26-21-36(22-27-40)34-13-6-3-7-14-34)41-28-23-37(24-29-41)35-15-8-4-9-16-35/h3-33H,1-2H3. The minimum absolute atomic E-state index is 0.201. The first-order valence-electron chi connectivity index (χ1n) is 17.4. The fraction of sp³-hybridized carbons (Fsp3) is 0.0612. The molecule has 9 rings (SSSR count). The molecule has 0 aromatic heterocycles. The maximum atomic E-state index is 2.44. The minimum atomic E-state index is -0.201. The maximum Gasteiger partial charge on any atom is 0.0465 e. The van der Waals surface area contributed by atoms with Gasteiger partial charge in [0, 0.05) is 22.5 Å². The molecule has 0 radical (unpaired) electrons. The van der Waals surface area contributed by atoms with E-state index < -0.39 is 0 Å². The molecule has 0 saturated heterocycles. The van der Waals surface area contributed by atoms with Gasteiger partial charge >= 0.3 is 0 Å². The smallest absolute Gasteiger partial charge is 0.0465 e. The monoisotopic (exact) mass is 639 g/mol. The molecule has 238 valence electrons. The van der Waals surface area contributed by atoms with Crippen LogP contribution in [0.2, 0.25) is 0 Å². The fourth-order valence-electron chi connectivity index (χ4n) is 7.90. The normalized spacial score (nSPS) is 12.8. The van der Waals surface area contributed by atoms with Crippen molar-refractivity contribution in [3.63, 3.8) is 0 Å². The van der Waals surface area contributed by atoms with Crippen molar-refractivity contribution in [3.8, 4) is 44.5 Å². The first kappa shape index (κ1) is 29.9. The summed E-state index contributed by atoms with van der Waals surface area (Å²) in [7, 11) is 0. The molecule has 8 aromatic rings. The number of hydrogen-bond acceptors (Lipinski definition) is 1. The van der Waals surface area contributed by atoms with Gasteiger partial charge < -0.3 is 4.90 Å². The van der Waals surface area contributed by atoms with E-state index in [9.17, 15) is 0 Å². The van der Waals surface area contributed by atoms with Crippen LogP contribution >= 0.6 is 0 Å². The number of nitrogens with zero attached hydrogens (tertiary/aromatic N) is 1. The van der Waals surface area contributed by atoms with E-state index >= 15 is 0 Å². The van der Waals surface area contributed by atoms with Gasteiger partial charge in [0.05, 0.1) is 0 Å². The molecule has 1 nitrogen and oxygen atoms in total. The van der Waals surface area contributed by atoms with E-state index in [4.69, 9.17) is 0 Å². The van der Waals surface area contributed by atoms with Crippen LogP contribution in [-0.2, 0) is 5.41 Å². The highest BCUT2D eigenvalue weighted by molar-refractivity contribution is 6.09. The Labute approximate surface area is 294 Å². The van der Waals surface area contributed by atoms with Gasteiger partial charge in [-0.3, -0.25) is 0 Å². The van der Waals surface area contributed by atoms with Crippen molar-refractivity contribution in [2.24, 2.45) is 0 Å². The zero-order valence-corrected chi connectivity index (χ0v) is 28.3. The highest BCUT2D eigenvalue weighted by Gasteiger charge is 2.35. The first-order valence-corrected chi connectivity index (χ1v) is 17.4. The van der Waals surface area contributed by atoms with Crippen molar-refractivity contribution >= 4 is 27.8 Å². The lowest BCUT2D eigenvalue weighted by atomic mass is 9.67. The molecule has 0 heterocycles. The average molecular weight is 640 g/mol. The van der Waals surface area contributed by atoms with Crippen LogP contribution in [0.1, 0.15) is 25.0 Å². The Bertz CT molecular complexity index is 2380. The molecular weight excluding hydrogens is 603 g/mol. The highest BCUT2D eigenvalue weighted by atomic mass is 15.1. The summed E-state index contributed by atoms with van der Waals surface area (Å²) in [5.74, 6) is 0. The molecule has 0 aliphatic heterocycles. The topological polar surface area (TPSA) is 3.24 Å². The third-order valence-electron chi connectivity index (χ3n) is 10.5. The molecule has 0 atom stereocenters. The van der Waals surface area contributed by atoms with Gasteiger partial charge in [-0.25, -0.2) is 0 Å². The van der Waals surface area contributed by atoms with Crippen molar-refractivity contribution in [1.29, 1.82) is 0 Å². The summed E-state index contributed by atoms with van der Waals surface area (Å²) in [5.41, 5.74) is 15.9. The van der Waals surface area contributed by atoms with Gasteiger partial charge in [-0.05, 0) is 103 Å². The number of fused-ring (bicyclic) bond motifs is 2. The molecular formula is C49H37N. The summed E-state index contributed by atoms with van der Waals surface area (Å²) >= 11 is 0. The van der Waals surface area contributed by atoms with Crippen LogP contribution < -0.4 is 4.90 Å². The molecule has 1 aliphatic carbocycles. The van der Waals surface area contributed by atoms with Crippen molar-refractivity contribution in [2.45, 2.75) is 19.3 Å².